The molecular weight excluding hydrogens is 511 g/mol. The van der Waals surface area contributed by atoms with Gasteiger partial charge in [-0.3, -0.25) is 9.78 Å². The minimum atomic E-state index is -0.978. The number of methoxy groups -OCH3 is 1. The summed E-state index contributed by atoms with van der Waals surface area (Å²) in [6, 6.07) is 17.8. The summed E-state index contributed by atoms with van der Waals surface area (Å²) >= 11 is 12.4. The zero-order valence-electron chi connectivity index (χ0n) is 20.1. The van der Waals surface area contributed by atoms with E-state index in [-0.39, 0.29) is 22.0 Å². The van der Waals surface area contributed by atoms with E-state index in [4.69, 9.17) is 32.7 Å². The molecule has 1 aliphatic rings. The fraction of sp³-hybridized carbons (Fsp3) is 0.207. The standard InChI is InChI=1S/C29H24Cl2N2O4/c1-36-29(35)24(33-28(34)25-22(30)10-3-11-23(25)31)16-18-12-13-19(20-9-4-14-32-26(18)20)21-8-2-6-17-7-5-15-37-27(17)21/h2-4,6,8-14,24H,5,7,15-16H2,1H3,(H,33,34)/t24-/m0/s1. The van der Waals surface area contributed by atoms with Crippen LogP contribution in [0, 0.1) is 0 Å². The largest absolute Gasteiger partial charge is 0.493 e. The maximum Gasteiger partial charge on any atom is 0.328 e. The highest BCUT2D eigenvalue weighted by Gasteiger charge is 2.26. The Morgan fingerprint density at radius 2 is 1.81 bits per heavy atom. The molecular formula is C29H24Cl2N2O4. The predicted molar refractivity (Wildman–Crippen MR) is 144 cm³/mol. The molecule has 6 nitrogen and oxygen atoms in total. The lowest BCUT2D eigenvalue weighted by Gasteiger charge is -2.22. The van der Waals surface area contributed by atoms with Gasteiger partial charge in [0, 0.05) is 23.6 Å². The molecule has 188 valence electrons. The van der Waals surface area contributed by atoms with Crippen LogP contribution >= 0.6 is 23.2 Å². The van der Waals surface area contributed by atoms with E-state index in [9.17, 15) is 9.59 Å². The van der Waals surface area contributed by atoms with Gasteiger partial charge in [-0.15, -0.1) is 0 Å². The lowest BCUT2D eigenvalue weighted by molar-refractivity contribution is -0.142. The van der Waals surface area contributed by atoms with Gasteiger partial charge in [0.2, 0.25) is 0 Å². The molecule has 1 aliphatic heterocycles. The number of carbonyl (C=O) groups is 2. The molecule has 5 rings (SSSR count). The molecule has 1 aromatic heterocycles. The third-order valence-corrected chi connectivity index (χ3v) is 7.11. The van der Waals surface area contributed by atoms with Crippen molar-refractivity contribution >= 4 is 46.0 Å². The van der Waals surface area contributed by atoms with Gasteiger partial charge in [-0.2, -0.15) is 0 Å². The average Bonchev–Trinajstić information content (AvgIpc) is 2.92. The van der Waals surface area contributed by atoms with Crippen LogP contribution in [0.1, 0.15) is 27.9 Å². The molecule has 37 heavy (non-hydrogen) atoms. The van der Waals surface area contributed by atoms with E-state index in [1.165, 1.54) is 12.7 Å². The number of aryl methyl sites for hydroxylation is 1. The third-order valence-electron chi connectivity index (χ3n) is 6.48. The van der Waals surface area contributed by atoms with Crippen LogP contribution in [0.15, 0.2) is 66.9 Å². The predicted octanol–water partition coefficient (Wildman–Crippen LogP) is 6.05. The highest BCUT2D eigenvalue weighted by atomic mass is 35.5. The molecule has 1 N–H and O–H groups in total. The van der Waals surface area contributed by atoms with Crippen LogP contribution < -0.4 is 10.1 Å². The van der Waals surface area contributed by atoms with E-state index in [1.807, 2.05) is 30.3 Å². The average molecular weight is 535 g/mol. The minimum absolute atomic E-state index is 0.104. The smallest absolute Gasteiger partial charge is 0.328 e. The number of halogens is 2. The molecule has 3 aromatic carbocycles. The van der Waals surface area contributed by atoms with Crippen molar-refractivity contribution in [1.29, 1.82) is 0 Å². The van der Waals surface area contributed by atoms with Gasteiger partial charge in [-0.1, -0.05) is 65.7 Å². The number of hydrogen-bond acceptors (Lipinski definition) is 5. The molecule has 0 saturated heterocycles. The number of hydrogen-bond donors (Lipinski definition) is 1. The van der Waals surface area contributed by atoms with Gasteiger partial charge < -0.3 is 14.8 Å². The number of ether oxygens (including phenoxy) is 2. The molecule has 0 bridgehead atoms. The van der Waals surface area contributed by atoms with Crippen molar-refractivity contribution in [3.8, 4) is 16.9 Å². The van der Waals surface area contributed by atoms with Crippen LogP contribution in [0.5, 0.6) is 5.75 Å². The molecule has 2 heterocycles. The Morgan fingerprint density at radius 3 is 2.59 bits per heavy atom. The summed E-state index contributed by atoms with van der Waals surface area (Å²) in [5.74, 6) is -0.244. The Kier molecular flexibility index (Phi) is 7.31. The Balaban J connectivity index is 1.52. The molecule has 0 saturated carbocycles. The van der Waals surface area contributed by atoms with E-state index in [1.54, 1.807) is 24.4 Å². The van der Waals surface area contributed by atoms with E-state index < -0.39 is 17.9 Å². The number of amides is 1. The third kappa shape index (κ3) is 4.99. The fourth-order valence-electron chi connectivity index (χ4n) is 4.73. The number of fused-ring (bicyclic) bond motifs is 2. The second-order valence-electron chi connectivity index (χ2n) is 8.77. The maximum absolute atomic E-state index is 13.0. The molecule has 0 aliphatic carbocycles. The van der Waals surface area contributed by atoms with Crippen LogP contribution in [0.3, 0.4) is 0 Å². The van der Waals surface area contributed by atoms with Crippen LogP contribution in [-0.2, 0) is 22.4 Å². The van der Waals surface area contributed by atoms with Crippen molar-refractivity contribution in [3.63, 3.8) is 0 Å². The first kappa shape index (κ1) is 25.1. The number of nitrogens with one attached hydrogen (secondary N) is 1. The number of esters is 1. The molecule has 0 spiro atoms. The monoisotopic (exact) mass is 534 g/mol. The van der Waals surface area contributed by atoms with Crippen LogP contribution in [0.4, 0.5) is 0 Å². The van der Waals surface area contributed by atoms with E-state index in [0.29, 0.717) is 6.61 Å². The lowest BCUT2D eigenvalue weighted by atomic mass is 9.92. The Labute approximate surface area is 224 Å². The van der Waals surface area contributed by atoms with Gasteiger partial charge in [0.25, 0.3) is 5.91 Å². The Bertz CT molecular complexity index is 1480. The van der Waals surface area contributed by atoms with Crippen molar-refractivity contribution < 1.29 is 19.1 Å². The quantitative estimate of drug-likeness (QED) is 0.305. The zero-order chi connectivity index (χ0) is 25.9. The van der Waals surface area contributed by atoms with Gasteiger partial charge in [0.05, 0.1) is 34.8 Å². The van der Waals surface area contributed by atoms with Crippen molar-refractivity contribution in [2.75, 3.05) is 13.7 Å². The van der Waals surface area contributed by atoms with E-state index in [0.717, 1.165) is 46.2 Å². The van der Waals surface area contributed by atoms with Crippen LogP contribution in [0.2, 0.25) is 10.0 Å². The SMILES string of the molecule is COC(=O)[C@H](Cc1ccc(-c2cccc3c2OCCC3)c2cccnc12)NC(=O)c1c(Cl)cccc1Cl. The van der Waals surface area contributed by atoms with E-state index in [2.05, 4.69) is 22.4 Å². The normalized spacial score (nSPS) is 13.4. The van der Waals surface area contributed by atoms with Gasteiger partial charge in [0.1, 0.15) is 11.8 Å². The van der Waals surface area contributed by atoms with Gasteiger partial charge in [-0.25, -0.2) is 4.79 Å². The number of nitrogens with zero attached hydrogens (tertiary/aromatic N) is 1. The highest BCUT2D eigenvalue weighted by molar-refractivity contribution is 6.39. The van der Waals surface area contributed by atoms with E-state index >= 15 is 0 Å². The molecule has 0 fully saturated rings. The van der Waals surface area contributed by atoms with Crippen LogP contribution in [-0.4, -0.2) is 36.6 Å². The minimum Gasteiger partial charge on any atom is -0.493 e. The Hall–Kier alpha value is -3.61. The molecule has 8 heteroatoms. The molecule has 4 aromatic rings. The zero-order valence-corrected chi connectivity index (χ0v) is 21.6. The van der Waals surface area contributed by atoms with Gasteiger partial charge in [0.15, 0.2) is 0 Å². The van der Waals surface area contributed by atoms with Crippen molar-refractivity contribution in [2.24, 2.45) is 0 Å². The maximum atomic E-state index is 13.0. The van der Waals surface area contributed by atoms with Crippen LogP contribution in [0.25, 0.3) is 22.0 Å². The molecule has 0 radical (unpaired) electrons. The fourth-order valence-corrected chi connectivity index (χ4v) is 5.30. The second kappa shape index (κ2) is 10.8. The summed E-state index contributed by atoms with van der Waals surface area (Å²) in [6.45, 7) is 0.689. The second-order valence-corrected chi connectivity index (χ2v) is 9.58. The molecule has 1 amide bonds. The number of rotatable bonds is 6. The number of pyridine rings is 1. The first-order chi connectivity index (χ1) is 18.0. The van der Waals surface area contributed by atoms with Crippen molar-refractivity contribution in [2.45, 2.75) is 25.3 Å². The number of carbonyl (C=O) groups excluding carboxylic acids is 2. The number of para-hydroxylation sites is 1. The number of aromatic nitrogens is 1. The Morgan fingerprint density at radius 1 is 1.03 bits per heavy atom. The summed E-state index contributed by atoms with van der Waals surface area (Å²) in [5.41, 5.74) is 4.81. The molecule has 0 unspecified atom stereocenters. The lowest BCUT2D eigenvalue weighted by Crippen LogP contribution is -2.43. The summed E-state index contributed by atoms with van der Waals surface area (Å²) in [4.78, 5) is 30.4. The number of benzene rings is 3. The first-order valence-electron chi connectivity index (χ1n) is 11.9. The summed E-state index contributed by atoms with van der Waals surface area (Å²) in [7, 11) is 1.28. The topological polar surface area (TPSA) is 77.5 Å². The van der Waals surface area contributed by atoms with Crippen molar-refractivity contribution in [1.82, 2.24) is 10.3 Å². The van der Waals surface area contributed by atoms with Gasteiger partial charge in [-0.05, 0) is 47.7 Å². The first-order valence-corrected chi connectivity index (χ1v) is 12.7. The van der Waals surface area contributed by atoms with Crippen molar-refractivity contribution in [3.05, 3.63) is 93.6 Å². The highest BCUT2D eigenvalue weighted by Crippen LogP contribution is 2.39. The summed E-state index contributed by atoms with van der Waals surface area (Å²) < 4.78 is 11.0. The summed E-state index contributed by atoms with van der Waals surface area (Å²) in [6.07, 6.45) is 3.85. The summed E-state index contributed by atoms with van der Waals surface area (Å²) in [5, 5.41) is 4.04. The van der Waals surface area contributed by atoms with Gasteiger partial charge >= 0.3 is 5.97 Å². The molecule has 1 atom stereocenters.